The molecule has 0 saturated heterocycles. The van der Waals surface area contributed by atoms with Gasteiger partial charge in [-0.25, -0.2) is 0 Å². The zero-order chi connectivity index (χ0) is 29.5. The number of ether oxygens (including phenoxy) is 2. The Hall–Kier alpha value is -4.02. The summed E-state index contributed by atoms with van der Waals surface area (Å²) in [4.78, 5) is 15.9. The number of methoxy groups -OCH3 is 1. The summed E-state index contributed by atoms with van der Waals surface area (Å²) in [6.45, 7) is 8.63. The predicted octanol–water partition coefficient (Wildman–Crippen LogP) is 7.59. The van der Waals surface area contributed by atoms with Crippen LogP contribution in [-0.4, -0.2) is 12.9 Å². The van der Waals surface area contributed by atoms with E-state index in [-0.39, 0.29) is 11.2 Å². The van der Waals surface area contributed by atoms with Gasteiger partial charge in [-0.2, -0.15) is 5.26 Å². The number of ketones is 1. The molecule has 5 rings (SSSR count). The molecule has 0 fully saturated rings. The summed E-state index contributed by atoms with van der Waals surface area (Å²) in [5, 5.41) is 10.5. The normalized spacial score (nSPS) is 18.2. The molecule has 0 amide bonds. The largest absolute Gasteiger partial charge is 0.497 e. The van der Waals surface area contributed by atoms with Gasteiger partial charge < -0.3 is 15.2 Å². The van der Waals surface area contributed by atoms with Crippen LogP contribution in [-0.2, 0) is 11.4 Å². The fourth-order valence-corrected chi connectivity index (χ4v) is 6.35. The third-order valence-electron chi connectivity index (χ3n) is 7.97. The highest BCUT2D eigenvalue weighted by Gasteiger charge is 2.45. The Balaban J connectivity index is 1.66. The van der Waals surface area contributed by atoms with Crippen molar-refractivity contribution in [2.24, 2.45) is 11.1 Å². The number of allylic oxidation sites excluding steroid dienone is 3. The number of benzene rings is 3. The summed E-state index contributed by atoms with van der Waals surface area (Å²) < 4.78 is 12.4. The van der Waals surface area contributed by atoms with Crippen molar-refractivity contribution in [3.8, 4) is 17.6 Å². The number of nitriles is 1. The van der Waals surface area contributed by atoms with Gasteiger partial charge in [0.2, 0.25) is 0 Å². The second-order valence-electron chi connectivity index (χ2n) is 11.5. The van der Waals surface area contributed by atoms with Gasteiger partial charge in [-0.1, -0.05) is 38.1 Å². The molecule has 3 aromatic rings. The number of Topliss-reactive ketones (excluding diaryl/α,β-unsaturated/α-hetero) is 1. The first-order valence-electron chi connectivity index (χ1n) is 13.6. The zero-order valence-electron chi connectivity index (χ0n) is 24.0. The molecule has 210 valence electrons. The third-order valence-corrected chi connectivity index (χ3v) is 8.62. The zero-order valence-corrected chi connectivity index (χ0v) is 25.6. The standard InChI is InChI=1S/C34H34BrN3O3/c1-20-14-21(2)25(15-22(20)19-41-30-9-7-6-8-27(30)35)31-26(18-36)33(37)38(23-10-12-24(40-5)13-11-23)28-16-34(3,4)17-29(39)32(28)31/h6-15,31H,16-17,19,37H2,1-5H3. The second kappa shape index (κ2) is 11.1. The van der Waals surface area contributed by atoms with E-state index in [2.05, 4.69) is 54.9 Å². The molecule has 1 atom stereocenters. The Kier molecular flexibility index (Phi) is 7.72. The molecule has 3 aromatic carbocycles. The van der Waals surface area contributed by atoms with Gasteiger partial charge in [0, 0.05) is 23.4 Å². The summed E-state index contributed by atoms with van der Waals surface area (Å²) in [5.41, 5.74) is 13.2. The maximum absolute atomic E-state index is 14.0. The topological polar surface area (TPSA) is 88.6 Å². The monoisotopic (exact) mass is 611 g/mol. The average Bonchev–Trinajstić information content (AvgIpc) is 2.92. The number of aryl methyl sites for hydroxylation is 2. The van der Waals surface area contributed by atoms with Crippen LogP contribution in [0.15, 0.2) is 87.8 Å². The summed E-state index contributed by atoms with van der Waals surface area (Å²) in [6, 6.07) is 21.8. The number of hydrogen-bond donors (Lipinski definition) is 1. The van der Waals surface area contributed by atoms with E-state index in [1.165, 1.54) is 0 Å². The number of halogens is 1. The van der Waals surface area contributed by atoms with Crippen molar-refractivity contribution >= 4 is 27.4 Å². The number of carbonyl (C=O) groups excluding carboxylic acids is 1. The van der Waals surface area contributed by atoms with E-state index < -0.39 is 5.92 Å². The molecule has 1 aliphatic carbocycles. The summed E-state index contributed by atoms with van der Waals surface area (Å²) in [6.07, 6.45) is 1.05. The molecule has 6 nitrogen and oxygen atoms in total. The fraction of sp³-hybridized carbons (Fsp3) is 0.294. The Morgan fingerprint density at radius 1 is 1.07 bits per heavy atom. The summed E-state index contributed by atoms with van der Waals surface area (Å²) in [5.74, 6) is 1.30. The fourth-order valence-electron chi connectivity index (χ4n) is 5.95. The molecule has 0 spiro atoms. The Morgan fingerprint density at radius 3 is 2.44 bits per heavy atom. The molecule has 1 unspecified atom stereocenters. The van der Waals surface area contributed by atoms with E-state index in [4.69, 9.17) is 15.2 Å². The smallest absolute Gasteiger partial charge is 0.162 e. The molecule has 7 heteroatoms. The van der Waals surface area contributed by atoms with Gasteiger partial charge in [-0.3, -0.25) is 9.69 Å². The number of nitrogens with two attached hydrogens (primary N) is 1. The van der Waals surface area contributed by atoms with Gasteiger partial charge in [-0.15, -0.1) is 0 Å². The molecule has 0 saturated carbocycles. The SMILES string of the molecule is COc1ccc(N2C(N)=C(C#N)C(c3cc(COc4ccccc4Br)c(C)cc3C)C3=C2CC(C)(C)CC3=O)cc1. The van der Waals surface area contributed by atoms with Crippen LogP contribution >= 0.6 is 15.9 Å². The number of carbonyl (C=O) groups is 1. The van der Waals surface area contributed by atoms with Crippen molar-refractivity contribution < 1.29 is 14.3 Å². The maximum Gasteiger partial charge on any atom is 0.162 e. The maximum atomic E-state index is 14.0. The highest BCUT2D eigenvalue weighted by molar-refractivity contribution is 9.10. The highest BCUT2D eigenvalue weighted by Crippen LogP contribution is 2.51. The minimum absolute atomic E-state index is 0.0472. The van der Waals surface area contributed by atoms with Crippen molar-refractivity contribution in [2.45, 2.75) is 53.1 Å². The first-order valence-corrected chi connectivity index (χ1v) is 14.4. The van der Waals surface area contributed by atoms with Crippen molar-refractivity contribution in [3.63, 3.8) is 0 Å². The van der Waals surface area contributed by atoms with Crippen LogP contribution < -0.4 is 20.1 Å². The first kappa shape index (κ1) is 28.5. The number of rotatable bonds is 6. The number of hydrogen-bond acceptors (Lipinski definition) is 6. The predicted molar refractivity (Wildman–Crippen MR) is 164 cm³/mol. The van der Waals surface area contributed by atoms with Crippen LogP contribution in [0.5, 0.6) is 11.5 Å². The van der Waals surface area contributed by atoms with Gasteiger partial charge in [0.25, 0.3) is 0 Å². The molecular weight excluding hydrogens is 578 g/mol. The molecule has 41 heavy (non-hydrogen) atoms. The lowest BCUT2D eigenvalue weighted by Gasteiger charge is -2.44. The lowest BCUT2D eigenvalue weighted by atomic mass is 9.68. The number of para-hydroxylation sites is 1. The van der Waals surface area contributed by atoms with Crippen LogP contribution in [0.25, 0.3) is 0 Å². The van der Waals surface area contributed by atoms with E-state index in [1.807, 2.05) is 60.4 Å². The Bertz CT molecular complexity index is 1630. The first-order chi connectivity index (χ1) is 19.5. The quantitative estimate of drug-likeness (QED) is 0.309. The molecule has 2 aliphatic rings. The van der Waals surface area contributed by atoms with E-state index in [0.29, 0.717) is 42.2 Å². The van der Waals surface area contributed by atoms with Gasteiger partial charge in [-0.05, 0) is 100 Å². The van der Waals surface area contributed by atoms with E-state index in [9.17, 15) is 10.1 Å². The number of nitrogens with zero attached hydrogens (tertiary/aromatic N) is 2. The van der Waals surface area contributed by atoms with Crippen LogP contribution in [0.3, 0.4) is 0 Å². The van der Waals surface area contributed by atoms with Gasteiger partial charge in [0.15, 0.2) is 5.78 Å². The van der Waals surface area contributed by atoms with E-state index >= 15 is 0 Å². The molecule has 0 aromatic heterocycles. The van der Waals surface area contributed by atoms with Crippen molar-refractivity contribution in [3.05, 3.63) is 110 Å². The minimum atomic E-state index is -0.559. The van der Waals surface area contributed by atoms with Crippen molar-refractivity contribution in [2.75, 3.05) is 12.0 Å². The van der Waals surface area contributed by atoms with Crippen LogP contribution in [0.2, 0.25) is 0 Å². The van der Waals surface area contributed by atoms with Crippen LogP contribution in [0.4, 0.5) is 5.69 Å². The highest BCUT2D eigenvalue weighted by atomic mass is 79.9. The van der Waals surface area contributed by atoms with Gasteiger partial charge >= 0.3 is 0 Å². The molecular formula is C34H34BrN3O3. The summed E-state index contributed by atoms with van der Waals surface area (Å²) >= 11 is 3.55. The van der Waals surface area contributed by atoms with Crippen LogP contribution in [0, 0.1) is 30.6 Å². The van der Waals surface area contributed by atoms with Gasteiger partial charge in [0.1, 0.15) is 23.9 Å². The average molecular weight is 613 g/mol. The lowest BCUT2D eigenvalue weighted by molar-refractivity contribution is -0.118. The minimum Gasteiger partial charge on any atom is -0.497 e. The Labute approximate surface area is 250 Å². The van der Waals surface area contributed by atoms with Crippen molar-refractivity contribution in [1.82, 2.24) is 0 Å². The van der Waals surface area contributed by atoms with Crippen LogP contribution in [0.1, 0.15) is 54.9 Å². The number of anilines is 1. The molecule has 2 N–H and O–H groups in total. The Morgan fingerprint density at radius 2 is 1.78 bits per heavy atom. The second-order valence-corrected chi connectivity index (χ2v) is 12.4. The molecule has 0 radical (unpaired) electrons. The third kappa shape index (κ3) is 5.37. The van der Waals surface area contributed by atoms with E-state index in [1.54, 1.807) is 7.11 Å². The molecule has 1 heterocycles. The molecule has 1 aliphatic heterocycles. The van der Waals surface area contributed by atoms with Gasteiger partial charge in [0.05, 0.1) is 29.1 Å². The molecule has 0 bridgehead atoms. The lowest BCUT2D eigenvalue weighted by Crippen LogP contribution is -2.42. The van der Waals surface area contributed by atoms with E-state index in [0.717, 1.165) is 43.9 Å². The van der Waals surface area contributed by atoms with Crippen molar-refractivity contribution in [1.29, 1.82) is 5.26 Å². The summed E-state index contributed by atoms with van der Waals surface area (Å²) in [7, 11) is 1.62.